The van der Waals surface area contributed by atoms with E-state index in [1.54, 1.807) is 24.8 Å². The number of carboxylic acids is 1. The van der Waals surface area contributed by atoms with Crippen molar-refractivity contribution in [3.8, 4) is 0 Å². The van der Waals surface area contributed by atoms with E-state index in [9.17, 15) is 4.79 Å². The van der Waals surface area contributed by atoms with Crippen LogP contribution in [0.15, 0.2) is 10.5 Å². The average molecular weight is 214 g/mol. The minimum atomic E-state index is -0.997. The molecule has 1 rings (SSSR count). The van der Waals surface area contributed by atoms with Gasteiger partial charge in [-0.3, -0.25) is 0 Å². The monoisotopic (exact) mass is 214 g/mol. The van der Waals surface area contributed by atoms with Crippen LogP contribution in [0.2, 0.25) is 0 Å². The molecule has 0 bridgehead atoms. The van der Waals surface area contributed by atoms with Crippen molar-refractivity contribution < 1.29 is 14.3 Å². The SMILES string of the molecule is Cc1cc(CSC(C)C)oc1C(=O)O. The second-order valence-corrected chi connectivity index (χ2v) is 4.95. The van der Waals surface area contributed by atoms with Crippen molar-refractivity contribution in [3.63, 3.8) is 0 Å². The summed E-state index contributed by atoms with van der Waals surface area (Å²) in [6, 6.07) is 1.79. The molecule has 0 unspecified atom stereocenters. The van der Waals surface area contributed by atoms with Crippen molar-refractivity contribution in [1.82, 2.24) is 0 Å². The van der Waals surface area contributed by atoms with E-state index in [1.165, 1.54) is 0 Å². The summed E-state index contributed by atoms with van der Waals surface area (Å²) in [5.74, 6) is 0.525. The first-order valence-corrected chi connectivity index (χ1v) is 5.49. The fraction of sp³-hybridized carbons (Fsp3) is 0.500. The minimum absolute atomic E-state index is 0.0596. The molecule has 0 aliphatic heterocycles. The second kappa shape index (κ2) is 4.55. The maximum Gasteiger partial charge on any atom is 0.372 e. The van der Waals surface area contributed by atoms with Gasteiger partial charge in [0.15, 0.2) is 0 Å². The first-order valence-electron chi connectivity index (χ1n) is 4.45. The quantitative estimate of drug-likeness (QED) is 0.837. The van der Waals surface area contributed by atoms with Gasteiger partial charge in [-0.15, -0.1) is 0 Å². The standard InChI is InChI=1S/C10H14O3S/c1-6(2)14-5-8-4-7(3)9(13-8)10(11)12/h4,6H,5H2,1-3H3,(H,11,12). The first-order chi connectivity index (χ1) is 6.50. The Bertz CT molecular complexity index is 328. The Balaban J connectivity index is 2.71. The van der Waals surface area contributed by atoms with Gasteiger partial charge in [0, 0.05) is 5.56 Å². The van der Waals surface area contributed by atoms with Crippen molar-refractivity contribution in [2.45, 2.75) is 31.8 Å². The zero-order valence-electron chi connectivity index (χ0n) is 8.53. The molecule has 0 saturated heterocycles. The maximum absolute atomic E-state index is 10.7. The van der Waals surface area contributed by atoms with E-state index in [0.29, 0.717) is 10.8 Å². The summed E-state index contributed by atoms with van der Waals surface area (Å²) in [5.41, 5.74) is 0.692. The number of furan rings is 1. The van der Waals surface area contributed by atoms with Gasteiger partial charge in [0.1, 0.15) is 5.76 Å². The van der Waals surface area contributed by atoms with Crippen LogP contribution in [0, 0.1) is 6.92 Å². The summed E-state index contributed by atoms with van der Waals surface area (Å²) in [4.78, 5) is 10.7. The fourth-order valence-corrected chi connectivity index (χ4v) is 1.72. The van der Waals surface area contributed by atoms with Crippen LogP contribution in [-0.2, 0) is 5.75 Å². The third-order valence-corrected chi connectivity index (χ3v) is 2.84. The van der Waals surface area contributed by atoms with Gasteiger partial charge >= 0.3 is 5.97 Å². The Morgan fingerprint density at radius 1 is 1.64 bits per heavy atom. The van der Waals surface area contributed by atoms with Crippen molar-refractivity contribution in [2.75, 3.05) is 0 Å². The molecule has 0 radical (unpaired) electrons. The van der Waals surface area contributed by atoms with Crippen LogP contribution >= 0.6 is 11.8 Å². The molecular weight excluding hydrogens is 200 g/mol. The number of aryl methyl sites for hydroxylation is 1. The molecular formula is C10H14O3S. The summed E-state index contributed by atoms with van der Waals surface area (Å²) in [6.45, 7) is 5.94. The van der Waals surface area contributed by atoms with Crippen molar-refractivity contribution in [3.05, 3.63) is 23.2 Å². The van der Waals surface area contributed by atoms with Gasteiger partial charge < -0.3 is 9.52 Å². The first kappa shape index (κ1) is 11.2. The summed E-state index contributed by atoms with van der Waals surface area (Å²) < 4.78 is 5.21. The molecule has 78 valence electrons. The summed E-state index contributed by atoms with van der Waals surface area (Å²) in [5, 5.41) is 9.28. The Morgan fingerprint density at radius 3 is 2.71 bits per heavy atom. The van der Waals surface area contributed by atoms with Crippen LogP contribution in [0.25, 0.3) is 0 Å². The largest absolute Gasteiger partial charge is 0.475 e. The van der Waals surface area contributed by atoms with Crippen LogP contribution in [0.4, 0.5) is 0 Å². The number of carbonyl (C=O) groups is 1. The van der Waals surface area contributed by atoms with E-state index in [-0.39, 0.29) is 5.76 Å². The van der Waals surface area contributed by atoms with Crippen LogP contribution in [0.5, 0.6) is 0 Å². The van der Waals surface area contributed by atoms with Crippen LogP contribution in [-0.4, -0.2) is 16.3 Å². The van der Waals surface area contributed by atoms with Gasteiger partial charge in [0.2, 0.25) is 5.76 Å². The highest BCUT2D eigenvalue weighted by Crippen LogP contribution is 2.21. The highest BCUT2D eigenvalue weighted by atomic mass is 32.2. The number of thioether (sulfide) groups is 1. The predicted molar refractivity (Wildman–Crippen MR) is 56.8 cm³/mol. The lowest BCUT2D eigenvalue weighted by Gasteiger charge is -2.00. The van der Waals surface area contributed by atoms with Gasteiger partial charge in [-0.1, -0.05) is 13.8 Å². The summed E-state index contributed by atoms with van der Waals surface area (Å²) >= 11 is 1.73. The number of aromatic carboxylic acids is 1. The fourth-order valence-electron chi connectivity index (χ4n) is 1.08. The average Bonchev–Trinajstić information content (AvgIpc) is 2.43. The Kier molecular flexibility index (Phi) is 3.63. The molecule has 1 aromatic rings. The molecule has 14 heavy (non-hydrogen) atoms. The maximum atomic E-state index is 10.7. The Labute approximate surface area is 87.5 Å². The van der Waals surface area contributed by atoms with Crippen molar-refractivity contribution in [1.29, 1.82) is 0 Å². The lowest BCUT2D eigenvalue weighted by molar-refractivity contribution is 0.0659. The van der Waals surface area contributed by atoms with E-state index >= 15 is 0 Å². The molecule has 0 amide bonds. The second-order valence-electron chi connectivity index (χ2n) is 3.39. The summed E-state index contributed by atoms with van der Waals surface area (Å²) in [6.07, 6.45) is 0. The molecule has 0 aromatic carbocycles. The molecule has 0 fully saturated rings. The van der Waals surface area contributed by atoms with Gasteiger partial charge in [-0.2, -0.15) is 11.8 Å². The number of hydrogen-bond donors (Lipinski definition) is 1. The van der Waals surface area contributed by atoms with E-state index in [4.69, 9.17) is 9.52 Å². The highest BCUT2D eigenvalue weighted by Gasteiger charge is 2.14. The third-order valence-electron chi connectivity index (χ3n) is 1.72. The molecule has 0 aliphatic carbocycles. The van der Waals surface area contributed by atoms with Crippen molar-refractivity contribution >= 4 is 17.7 Å². The van der Waals surface area contributed by atoms with Gasteiger partial charge in [0.25, 0.3) is 0 Å². The van der Waals surface area contributed by atoms with Crippen LogP contribution < -0.4 is 0 Å². The van der Waals surface area contributed by atoms with Gasteiger partial charge in [0.05, 0.1) is 5.75 Å². The zero-order chi connectivity index (χ0) is 10.7. The number of rotatable bonds is 4. The molecule has 1 heterocycles. The third kappa shape index (κ3) is 2.80. The molecule has 0 spiro atoms. The molecule has 0 atom stereocenters. The molecule has 1 aromatic heterocycles. The molecule has 0 saturated carbocycles. The topological polar surface area (TPSA) is 50.4 Å². The number of hydrogen-bond acceptors (Lipinski definition) is 3. The van der Waals surface area contributed by atoms with Crippen LogP contribution in [0.1, 0.15) is 35.7 Å². The Morgan fingerprint density at radius 2 is 2.29 bits per heavy atom. The summed E-state index contributed by atoms with van der Waals surface area (Å²) in [7, 11) is 0. The van der Waals surface area contributed by atoms with E-state index < -0.39 is 5.97 Å². The van der Waals surface area contributed by atoms with Gasteiger partial charge in [-0.25, -0.2) is 4.79 Å². The van der Waals surface area contributed by atoms with E-state index in [0.717, 1.165) is 11.5 Å². The number of carboxylic acid groups (broad SMARTS) is 1. The normalized spacial score (nSPS) is 10.9. The Hall–Kier alpha value is -0.900. The molecule has 1 N–H and O–H groups in total. The molecule has 3 nitrogen and oxygen atoms in total. The predicted octanol–water partition coefficient (Wildman–Crippen LogP) is 2.93. The van der Waals surface area contributed by atoms with Crippen LogP contribution in [0.3, 0.4) is 0 Å². The smallest absolute Gasteiger partial charge is 0.372 e. The highest BCUT2D eigenvalue weighted by molar-refractivity contribution is 7.99. The van der Waals surface area contributed by atoms with Gasteiger partial charge in [-0.05, 0) is 18.2 Å². The van der Waals surface area contributed by atoms with Crippen molar-refractivity contribution in [2.24, 2.45) is 0 Å². The lowest BCUT2D eigenvalue weighted by atomic mass is 10.3. The van der Waals surface area contributed by atoms with E-state index in [2.05, 4.69) is 13.8 Å². The lowest BCUT2D eigenvalue weighted by Crippen LogP contribution is -1.95. The molecule has 0 aliphatic rings. The van der Waals surface area contributed by atoms with E-state index in [1.807, 2.05) is 0 Å². The zero-order valence-corrected chi connectivity index (χ0v) is 9.35. The molecule has 4 heteroatoms. The minimum Gasteiger partial charge on any atom is -0.475 e.